The molecular weight excluding hydrogens is 222 g/mol. The van der Waals surface area contributed by atoms with Crippen LogP contribution in [0.25, 0.3) is 0 Å². The molecule has 0 aromatic heterocycles. The van der Waals surface area contributed by atoms with Gasteiger partial charge >= 0.3 is 0 Å². The fourth-order valence-corrected chi connectivity index (χ4v) is 2.82. The summed E-state index contributed by atoms with van der Waals surface area (Å²) in [6.45, 7) is 7.82. The maximum Gasteiger partial charge on any atom is 0.0787 e. The Morgan fingerprint density at radius 1 is 1.28 bits per heavy atom. The van der Waals surface area contributed by atoms with E-state index in [4.69, 9.17) is 0 Å². The highest BCUT2D eigenvalue weighted by atomic mass is 16.3. The summed E-state index contributed by atoms with van der Waals surface area (Å²) in [5, 5.41) is 9.81. The normalized spacial score (nSPS) is 26.1. The zero-order valence-corrected chi connectivity index (χ0v) is 11.8. The average Bonchev–Trinajstić information content (AvgIpc) is 2.41. The van der Waals surface area contributed by atoms with Gasteiger partial charge in [0.1, 0.15) is 0 Å². The zero-order valence-electron chi connectivity index (χ0n) is 11.8. The maximum absolute atomic E-state index is 9.81. The van der Waals surface area contributed by atoms with E-state index in [1.54, 1.807) is 0 Å². The summed E-state index contributed by atoms with van der Waals surface area (Å²) in [6, 6.07) is 9.05. The highest BCUT2D eigenvalue weighted by molar-refractivity contribution is 5.49. The van der Waals surface area contributed by atoms with Crippen molar-refractivity contribution in [1.82, 2.24) is 0 Å². The number of hydrogen-bond acceptors (Lipinski definition) is 2. The smallest absolute Gasteiger partial charge is 0.0787 e. The summed E-state index contributed by atoms with van der Waals surface area (Å²) in [7, 11) is 0. The Morgan fingerprint density at radius 2 is 1.94 bits per heavy atom. The minimum absolute atomic E-state index is 0.322. The van der Waals surface area contributed by atoms with Crippen LogP contribution in [0.2, 0.25) is 0 Å². The molecule has 1 fully saturated rings. The molecule has 3 atom stereocenters. The van der Waals surface area contributed by atoms with Gasteiger partial charge < -0.3 is 10.0 Å². The summed E-state index contributed by atoms with van der Waals surface area (Å²) in [4.78, 5) is 2.50. The number of piperidine rings is 1. The molecule has 1 aliphatic rings. The molecule has 100 valence electrons. The van der Waals surface area contributed by atoms with Crippen molar-refractivity contribution in [2.45, 2.75) is 52.2 Å². The van der Waals surface area contributed by atoms with Crippen molar-refractivity contribution < 1.29 is 5.11 Å². The van der Waals surface area contributed by atoms with Crippen LogP contribution >= 0.6 is 0 Å². The van der Waals surface area contributed by atoms with Crippen LogP contribution in [-0.2, 0) is 0 Å². The van der Waals surface area contributed by atoms with Crippen molar-refractivity contribution in [2.24, 2.45) is 5.92 Å². The van der Waals surface area contributed by atoms with Gasteiger partial charge in [-0.1, -0.05) is 26.0 Å². The molecule has 1 N–H and O–H groups in total. The Labute approximate surface area is 111 Å². The van der Waals surface area contributed by atoms with E-state index in [-0.39, 0.29) is 6.10 Å². The Morgan fingerprint density at radius 3 is 2.56 bits per heavy atom. The SMILES string of the molecule is CC[C@H](O)c1ccc(N2CCCC(C)C2C)cc1. The van der Waals surface area contributed by atoms with E-state index < -0.39 is 0 Å². The molecule has 2 heteroatoms. The van der Waals surface area contributed by atoms with Crippen LogP contribution in [0.3, 0.4) is 0 Å². The van der Waals surface area contributed by atoms with Crippen LogP contribution in [0.1, 0.15) is 51.7 Å². The van der Waals surface area contributed by atoms with Crippen LogP contribution in [0.4, 0.5) is 5.69 Å². The van der Waals surface area contributed by atoms with Crippen LogP contribution < -0.4 is 4.90 Å². The second-order valence-corrected chi connectivity index (χ2v) is 5.57. The molecule has 0 radical (unpaired) electrons. The van der Waals surface area contributed by atoms with Crippen molar-refractivity contribution in [3.8, 4) is 0 Å². The molecule has 0 bridgehead atoms. The van der Waals surface area contributed by atoms with Crippen molar-refractivity contribution in [3.05, 3.63) is 29.8 Å². The fraction of sp³-hybridized carbons (Fsp3) is 0.625. The lowest BCUT2D eigenvalue weighted by molar-refractivity contribution is 0.173. The quantitative estimate of drug-likeness (QED) is 0.879. The molecule has 0 aliphatic carbocycles. The van der Waals surface area contributed by atoms with E-state index >= 15 is 0 Å². The number of aliphatic hydroxyl groups is 1. The highest BCUT2D eigenvalue weighted by Crippen LogP contribution is 2.29. The van der Waals surface area contributed by atoms with E-state index in [1.165, 1.54) is 18.5 Å². The van der Waals surface area contributed by atoms with Gasteiger partial charge in [0.05, 0.1) is 6.10 Å². The first-order valence-electron chi connectivity index (χ1n) is 7.18. The van der Waals surface area contributed by atoms with Gasteiger partial charge in [-0.2, -0.15) is 0 Å². The van der Waals surface area contributed by atoms with E-state index in [9.17, 15) is 5.11 Å². The third-order valence-electron chi connectivity index (χ3n) is 4.37. The van der Waals surface area contributed by atoms with Crippen molar-refractivity contribution in [1.29, 1.82) is 0 Å². The Bertz CT molecular complexity index is 373. The van der Waals surface area contributed by atoms with Crippen molar-refractivity contribution in [3.63, 3.8) is 0 Å². The lowest BCUT2D eigenvalue weighted by Crippen LogP contribution is -2.42. The fourth-order valence-electron chi connectivity index (χ4n) is 2.82. The minimum atomic E-state index is -0.322. The van der Waals surface area contributed by atoms with Gasteiger partial charge in [-0.05, 0) is 49.8 Å². The molecule has 1 heterocycles. The predicted octanol–water partition coefficient (Wildman–Crippen LogP) is 3.75. The molecular formula is C16H25NO. The van der Waals surface area contributed by atoms with Gasteiger partial charge in [-0.3, -0.25) is 0 Å². The number of nitrogens with zero attached hydrogens (tertiary/aromatic N) is 1. The molecule has 0 saturated carbocycles. The number of aliphatic hydroxyl groups excluding tert-OH is 1. The van der Waals surface area contributed by atoms with E-state index in [1.807, 2.05) is 6.92 Å². The van der Waals surface area contributed by atoms with Gasteiger partial charge in [0, 0.05) is 18.3 Å². The van der Waals surface area contributed by atoms with Gasteiger partial charge in [-0.25, -0.2) is 0 Å². The Hall–Kier alpha value is -1.02. The first-order chi connectivity index (χ1) is 8.63. The van der Waals surface area contributed by atoms with E-state index in [2.05, 4.69) is 43.0 Å². The van der Waals surface area contributed by atoms with Crippen molar-refractivity contribution in [2.75, 3.05) is 11.4 Å². The topological polar surface area (TPSA) is 23.5 Å². The molecule has 18 heavy (non-hydrogen) atoms. The third kappa shape index (κ3) is 2.69. The van der Waals surface area contributed by atoms with Gasteiger partial charge in [0.25, 0.3) is 0 Å². The standard InChI is InChI=1S/C16H25NO/c1-4-16(18)14-7-9-15(10-8-14)17-11-5-6-12(2)13(17)3/h7-10,12-13,16,18H,4-6,11H2,1-3H3/t12?,13?,16-/m0/s1. The number of rotatable bonds is 3. The predicted molar refractivity (Wildman–Crippen MR) is 76.9 cm³/mol. The zero-order chi connectivity index (χ0) is 13.1. The second-order valence-electron chi connectivity index (χ2n) is 5.57. The summed E-state index contributed by atoms with van der Waals surface area (Å²) >= 11 is 0. The van der Waals surface area contributed by atoms with Crippen LogP contribution in [0, 0.1) is 5.92 Å². The molecule has 1 saturated heterocycles. The lowest BCUT2D eigenvalue weighted by atomic mass is 9.91. The number of benzene rings is 1. The van der Waals surface area contributed by atoms with E-state index in [0.29, 0.717) is 6.04 Å². The van der Waals surface area contributed by atoms with Crippen LogP contribution in [0.5, 0.6) is 0 Å². The molecule has 2 unspecified atom stereocenters. The first kappa shape index (κ1) is 13.4. The average molecular weight is 247 g/mol. The molecule has 1 aliphatic heterocycles. The maximum atomic E-state index is 9.81. The number of anilines is 1. The van der Waals surface area contributed by atoms with Gasteiger partial charge in [0.2, 0.25) is 0 Å². The lowest BCUT2D eigenvalue weighted by Gasteiger charge is -2.39. The van der Waals surface area contributed by atoms with Crippen LogP contribution in [-0.4, -0.2) is 17.7 Å². The summed E-state index contributed by atoms with van der Waals surface area (Å²) < 4.78 is 0. The van der Waals surface area contributed by atoms with Gasteiger partial charge in [0.15, 0.2) is 0 Å². The summed E-state index contributed by atoms with van der Waals surface area (Å²) in [6.07, 6.45) is 3.07. The molecule has 0 spiro atoms. The van der Waals surface area contributed by atoms with Crippen LogP contribution in [0.15, 0.2) is 24.3 Å². The second kappa shape index (κ2) is 5.75. The minimum Gasteiger partial charge on any atom is -0.388 e. The Kier molecular flexibility index (Phi) is 4.28. The third-order valence-corrected chi connectivity index (χ3v) is 4.37. The Balaban J connectivity index is 2.13. The molecule has 1 aromatic rings. The first-order valence-corrected chi connectivity index (χ1v) is 7.18. The molecule has 2 nitrogen and oxygen atoms in total. The monoisotopic (exact) mass is 247 g/mol. The highest BCUT2D eigenvalue weighted by Gasteiger charge is 2.24. The molecule has 2 rings (SSSR count). The van der Waals surface area contributed by atoms with Crippen molar-refractivity contribution >= 4 is 5.69 Å². The molecule has 0 amide bonds. The largest absolute Gasteiger partial charge is 0.388 e. The summed E-state index contributed by atoms with van der Waals surface area (Å²) in [5.41, 5.74) is 2.32. The molecule has 1 aromatic carbocycles. The van der Waals surface area contributed by atoms with E-state index in [0.717, 1.165) is 24.4 Å². The number of hydrogen-bond donors (Lipinski definition) is 1. The van der Waals surface area contributed by atoms with Gasteiger partial charge in [-0.15, -0.1) is 0 Å². The summed E-state index contributed by atoms with van der Waals surface area (Å²) in [5.74, 6) is 0.764.